The van der Waals surface area contributed by atoms with Gasteiger partial charge in [0.15, 0.2) is 5.82 Å². The molecule has 2 heterocycles. The van der Waals surface area contributed by atoms with Crippen LogP contribution in [0.4, 0.5) is 0 Å². The van der Waals surface area contributed by atoms with Crippen LogP contribution in [0, 0.1) is 0 Å². The van der Waals surface area contributed by atoms with Crippen LogP contribution >= 0.6 is 34.5 Å². The van der Waals surface area contributed by atoms with Crippen LogP contribution in [-0.4, -0.2) is 15.2 Å². The molecule has 0 bridgehead atoms. The normalized spacial score (nSPS) is 13.1. The van der Waals surface area contributed by atoms with Gasteiger partial charge in [0.25, 0.3) is 5.89 Å². The Morgan fingerprint density at radius 3 is 2.73 bits per heavy atom. The van der Waals surface area contributed by atoms with Gasteiger partial charge in [-0.3, -0.25) is 0 Å². The van der Waals surface area contributed by atoms with Crippen molar-refractivity contribution < 1.29 is 9.63 Å². The van der Waals surface area contributed by atoms with E-state index in [0.29, 0.717) is 14.2 Å². The molecule has 4 nitrogen and oxygen atoms in total. The van der Waals surface area contributed by atoms with Crippen molar-refractivity contribution in [2.75, 3.05) is 0 Å². The third kappa shape index (κ3) is 2.15. The highest BCUT2D eigenvalue weighted by atomic mass is 35.5. The minimum Gasteiger partial charge on any atom is -0.385 e. The third-order valence-corrected chi connectivity index (χ3v) is 3.19. The molecule has 0 aliphatic heterocycles. The molecule has 0 radical (unpaired) electrons. The fourth-order valence-electron chi connectivity index (χ4n) is 1.00. The first kappa shape index (κ1) is 10.9. The van der Waals surface area contributed by atoms with E-state index in [4.69, 9.17) is 27.7 Å². The number of nitrogens with zero attached hydrogens (tertiary/aromatic N) is 2. The van der Waals surface area contributed by atoms with Crippen molar-refractivity contribution in [1.82, 2.24) is 10.1 Å². The third-order valence-electron chi connectivity index (χ3n) is 1.70. The van der Waals surface area contributed by atoms with Crippen LogP contribution in [0.5, 0.6) is 0 Å². The lowest BCUT2D eigenvalue weighted by molar-refractivity contribution is 0.184. The molecule has 0 saturated carbocycles. The van der Waals surface area contributed by atoms with Gasteiger partial charge in [-0.2, -0.15) is 4.98 Å². The second kappa shape index (κ2) is 4.09. The molecule has 1 atom stereocenters. The minimum atomic E-state index is -0.768. The Labute approximate surface area is 99.4 Å². The first-order valence-corrected chi connectivity index (χ1v) is 5.62. The highest BCUT2D eigenvalue weighted by Crippen LogP contribution is 2.37. The Morgan fingerprint density at radius 1 is 1.53 bits per heavy atom. The molecule has 2 aromatic rings. The number of thiophene rings is 1. The Morgan fingerprint density at radius 2 is 2.27 bits per heavy atom. The minimum absolute atomic E-state index is 0.225. The summed E-state index contributed by atoms with van der Waals surface area (Å²) in [6.07, 6.45) is -0.768. The van der Waals surface area contributed by atoms with Gasteiger partial charge in [-0.05, 0) is 13.0 Å². The number of aromatic nitrogens is 2. The van der Waals surface area contributed by atoms with E-state index in [1.807, 2.05) is 0 Å². The summed E-state index contributed by atoms with van der Waals surface area (Å²) in [7, 11) is 0. The zero-order chi connectivity index (χ0) is 11.0. The standard InChI is InChI=1S/C8H6Cl2N2O2S/c1-3(13)7-11-8(14-12-7)4-2-5(9)15-6(4)10/h2-3,13H,1H3. The van der Waals surface area contributed by atoms with E-state index in [9.17, 15) is 5.11 Å². The lowest BCUT2D eigenvalue weighted by atomic mass is 10.3. The van der Waals surface area contributed by atoms with Crippen molar-refractivity contribution in [2.45, 2.75) is 13.0 Å². The highest BCUT2D eigenvalue weighted by molar-refractivity contribution is 7.20. The zero-order valence-electron chi connectivity index (χ0n) is 7.57. The van der Waals surface area contributed by atoms with Gasteiger partial charge in [0.05, 0.1) is 9.90 Å². The number of aliphatic hydroxyl groups excluding tert-OH is 1. The summed E-state index contributed by atoms with van der Waals surface area (Å²) in [5.41, 5.74) is 0.589. The molecule has 0 spiro atoms. The molecule has 1 unspecified atom stereocenters. The predicted molar refractivity (Wildman–Crippen MR) is 58.3 cm³/mol. The molecule has 15 heavy (non-hydrogen) atoms. The molecular formula is C8H6Cl2N2O2S. The van der Waals surface area contributed by atoms with Crippen molar-refractivity contribution in [3.8, 4) is 11.5 Å². The van der Waals surface area contributed by atoms with Gasteiger partial charge in [0, 0.05) is 0 Å². The Hall–Kier alpha value is -0.620. The predicted octanol–water partition coefficient (Wildman–Crippen LogP) is 3.16. The Kier molecular flexibility index (Phi) is 2.97. The molecule has 0 amide bonds. The first-order chi connectivity index (χ1) is 7.08. The molecule has 7 heteroatoms. The van der Waals surface area contributed by atoms with Crippen molar-refractivity contribution in [3.05, 3.63) is 20.6 Å². The molecule has 0 aliphatic rings. The second-order valence-electron chi connectivity index (χ2n) is 2.87. The van der Waals surface area contributed by atoms with E-state index in [1.165, 1.54) is 11.3 Å². The molecule has 2 rings (SSSR count). The van der Waals surface area contributed by atoms with Crippen molar-refractivity contribution >= 4 is 34.5 Å². The van der Waals surface area contributed by atoms with Gasteiger partial charge in [-0.25, -0.2) is 0 Å². The molecule has 2 aromatic heterocycles. The number of halogens is 2. The summed E-state index contributed by atoms with van der Waals surface area (Å²) in [5, 5.41) is 12.8. The van der Waals surface area contributed by atoms with Gasteiger partial charge in [0.2, 0.25) is 0 Å². The van der Waals surface area contributed by atoms with Gasteiger partial charge in [0.1, 0.15) is 10.4 Å². The van der Waals surface area contributed by atoms with Crippen LogP contribution in [0.3, 0.4) is 0 Å². The topological polar surface area (TPSA) is 59.2 Å². The molecule has 0 aliphatic carbocycles. The summed E-state index contributed by atoms with van der Waals surface area (Å²) in [4.78, 5) is 3.99. The van der Waals surface area contributed by atoms with Crippen LogP contribution in [0.2, 0.25) is 8.67 Å². The van der Waals surface area contributed by atoms with Crippen molar-refractivity contribution in [3.63, 3.8) is 0 Å². The van der Waals surface area contributed by atoms with Crippen LogP contribution in [0.1, 0.15) is 18.9 Å². The second-order valence-corrected chi connectivity index (χ2v) is 5.16. The summed E-state index contributed by atoms with van der Waals surface area (Å²) in [6.45, 7) is 1.55. The van der Waals surface area contributed by atoms with Gasteiger partial charge >= 0.3 is 0 Å². The quantitative estimate of drug-likeness (QED) is 0.906. The average molecular weight is 265 g/mol. The lowest BCUT2D eigenvalue weighted by Gasteiger charge is -1.91. The van der Waals surface area contributed by atoms with E-state index in [2.05, 4.69) is 10.1 Å². The van der Waals surface area contributed by atoms with Crippen LogP contribution < -0.4 is 0 Å². The maximum absolute atomic E-state index is 9.22. The van der Waals surface area contributed by atoms with Gasteiger partial charge in [-0.1, -0.05) is 28.4 Å². The first-order valence-electron chi connectivity index (χ1n) is 4.05. The van der Waals surface area contributed by atoms with Crippen LogP contribution in [0.15, 0.2) is 10.6 Å². The summed E-state index contributed by atoms with van der Waals surface area (Å²) >= 11 is 12.9. The van der Waals surface area contributed by atoms with E-state index >= 15 is 0 Å². The fraction of sp³-hybridized carbons (Fsp3) is 0.250. The summed E-state index contributed by atoms with van der Waals surface area (Å²) in [5.74, 6) is 0.488. The SMILES string of the molecule is CC(O)c1noc(-c2cc(Cl)sc2Cl)n1. The number of rotatable bonds is 2. The Balaban J connectivity index is 2.41. The van der Waals surface area contributed by atoms with E-state index in [0.717, 1.165) is 0 Å². The smallest absolute Gasteiger partial charge is 0.260 e. The number of aliphatic hydroxyl groups is 1. The number of hydrogen-bond acceptors (Lipinski definition) is 5. The molecule has 1 N–H and O–H groups in total. The van der Waals surface area contributed by atoms with Crippen LogP contribution in [0.25, 0.3) is 11.5 Å². The number of hydrogen-bond donors (Lipinski definition) is 1. The van der Waals surface area contributed by atoms with Crippen LogP contribution in [-0.2, 0) is 0 Å². The average Bonchev–Trinajstić information content (AvgIpc) is 2.71. The van der Waals surface area contributed by atoms with Gasteiger partial charge < -0.3 is 9.63 Å². The largest absolute Gasteiger partial charge is 0.385 e. The molecular weight excluding hydrogens is 259 g/mol. The lowest BCUT2D eigenvalue weighted by Crippen LogP contribution is -1.92. The zero-order valence-corrected chi connectivity index (χ0v) is 9.90. The van der Waals surface area contributed by atoms with E-state index < -0.39 is 6.10 Å². The molecule has 0 fully saturated rings. The maximum Gasteiger partial charge on any atom is 0.260 e. The summed E-state index contributed by atoms with van der Waals surface area (Å²) < 4.78 is 5.98. The van der Waals surface area contributed by atoms with Crippen molar-refractivity contribution in [1.29, 1.82) is 0 Å². The Bertz CT molecular complexity index is 481. The molecule has 0 saturated heterocycles. The monoisotopic (exact) mass is 264 g/mol. The van der Waals surface area contributed by atoms with Crippen molar-refractivity contribution in [2.24, 2.45) is 0 Å². The molecule has 80 valence electrons. The highest BCUT2D eigenvalue weighted by Gasteiger charge is 2.17. The fourth-order valence-corrected chi connectivity index (χ4v) is 2.45. The summed E-state index contributed by atoms with van der Waals surface area (Å²) in [6, 6.07) is 1.65. The van der Waals surface area contributed by atoms with E-state index in [-0.39, 0.29) is 11.7 Å². The maximum atomic E-state index is 9.22. The van der Waals surface area contributed by atoms with E-state index in [1.54, 1.807) is 13.0 Å². The van der Waals surface area contributed by atoms with Gasteiger partial charge in [-0.15, -0.1) is 11.3 Å². The molecule has 0 aromatic carbocycles.